The number of hydrogen-bond donors (Lipinski definition) is 0. The Morgan fingerprint density at radius 1 is 1.09 bits per heavy atom. The summed E-state index contributed by atoms with van der Waals surface area (Å²) in [6, 6.07) is 8.61. The van der Waals surface area contributed by atoms with Crippen molar-refractivity contribution >= 4 is 22.9 Å². The van der Waals surface area contributed by atoms with E-state index in [2.05, 4.69) is 52.9 Å². The maximum atomic E-state index is 14.2. The minimum absolute atomic E-state index is 0.0193. The molecule has 1 saturated carbocycles. The second kappa shape index (κ2) is 12.0. The van der Waals surface area contributed by atoms with Crippen LogP contribution in [0.3, 0.4) is 0 Å². The number of hydrogen-bond acceptors (Lipinski definition) is 7. The number of carbonyl (C=O) groups excluding carboxylic acids is 2. The largest absolute Gasteiger partial charge is 0.441 e. The molecule has 1 atom stereocenters. The molecule has 2 aromatic heterocycles. The molecule has 3 aromatic rings. The highest BCUT2D eigenvalue weighted by atomic mass is 16.6. The first-order valence-electron chi connectivity index (χ1n) is 14.7. The minimum atomic E-state index is -1.32. The Bertz CT molecular complexity index is 1600. The smallest absolute Gasteiger partial charge is 0.435 e. The molecule has 0 spiro atoms. The van der Waals surface area contributed by atoms with Gasteiger partial charge in [-0.15, -0.1) is 0 Å². The second-order valence-corrected chi connectivity index (χ2v) is 11.8. The summed E-state index contributed by atoms with van der Waals surface area (Å²) in [6.07, 6.45) is 8.82. The number of fused-ring (bicyclic) bond motifs is 2. The predicted molar refractivity (Wildman–Crippen MR) is 157 cm³/mol. The van der Waals surface area contributed by atoms with Crippen LogP contribution in [0.15, 0.2) is 46.9 Å². The van der Waals surface area contributed by atoms with Crippen LogP contribution >= 0.6 is 0 Å². The molecule has 0 bridgehead atoms. The van der Waals surface area contributed by atoms with Crippen molar-refractivity contribution in [2.45, 2.75) is 75.6 Å². The normalized spacial score (nSPS) is 19.9. The fourth-order valence-electron chi connectivity index (χ4n) is 6.33. The zero-order valence-electron chi connectivity index (χ0n) is 24.1. The van der Waals surface area contributed by atoms with E-state index in [0.29, 0.717) is 18.9 Å². The SMILES string of the molecule is CC(CN=[N+]=[N-])(CN=[N+]=[N-])OC(=O)n1cc2c(n1)CCC(N(C(=O)c1cccc3c1ccn3C1CCOCC1)C1CC1)C2. The molecule has 14 heteroatoms. The molecule has 1 amide bonds. The minimum Gasteiger partial charge on any atom is -0.441 e. The van der Waals surface area contributed by atoms with E-state index in [-0.39, 0.29) is 31.1 Å². The fraction of sp³-hybridized carbons (Fsp3) is 0.552. The van der Waals surface area contributed by atoms with Gasteiger partial charge in [0.1, 0.15) is 5.60 Å². The number of aryl methyl sites for hydroxylation is 1. The summed E-state index contributed by atoms with van der Waals surface area (Å²) in [6.45, 7) is 2.65. The van der Waals surface area contributed by atoms with Crippen LogP contribution in [0, 0.1) is 0 Å². The van der Waals surface area contributed by atoms with Crippen molar-refractivity contribution in [2.75, 3.05) is 26.3 Å². The van der Waals surface area contributed by atoms with Crippen LogP contribution in [0.5, 0.6) is 0 Å². The van der Waals surface area contributed by atoms with E-state index < -0.39 is 11.7 Å². The first-order valence-corrected chi connectivity index (χ1v) is 14.7. The van der Waals surface area contributed by atoms with Crippen LogP contribution in [0.4, 0.5) is 4.79 Å². The molecule has 1 unspecified atom stereocenters. The molecule has 224 valence electrons. The average molecular weight is 587 g/mol. The van der Waals surface area contributed by atoms with E-state index in [9.17, 15) is 9.59 Å². The Kier molecular flexibility index (Phi) is 7.98. The molecule has 6 rings (SSSR count). The Hall–Kier alpha value is -4.51. The van der Waals surface area contributed by atoms with E-state index in [1.807, 2.05) is 12.1 Å². The lowest BCUT2D eigenvalue weighted by Crippen LogP contribution is -2.44. The topological polar surface area (TPSA) is 176 Å². The first-order chi connectivity index (χ1) is 20.9. The Balaban J connectivity index is 1.21. The van der Waals surface area contributed by atoms with Gasteiger partial charge in [-0.1, -0.05) is 16.3 Å². The maximum absolute atomic E-state index is 14.2. The molecular formula is C29H34N10O4. The van der Waals surface area contributed by atoms with Gasteiger partial charge >= 0.3 is 6.09 Å². The molecular weight excluding hydrogens is 552 g/mol. The van der Waals surface area contributed by atoms with Crippen molar-refractivity contribution in [1.29, 1.82) is 0 Å². The third-order valence-corrected chi connectivity index (χ3v) is 8.65. The van der Waals surface area contributed by atoms with E-state index in [0.717, 1.165) is 77.7 Å². The van der Waals surface area contributed by atoms with E-state index in [1.54, 1.807) is 6.20 Å². The molecule has 43 heavy (non-hydrogen) atoms. The molecule has 1 aliphatic heterocycles. The summed E-state index contributed by atoms with van der Waals surface area (Å²) in [5, 5.41) is 12.4. The van der Waals surface area contributed by atoms with E-state index >= 15 is 0 Å². The van der Waals surface area contributed by atoms with Gasteiger partial charge in [-0.2, -0.15) is 9.78 Å². The maximum Gasteiger partial charge on any atom is 0.435 e. The van der Waals surface area contributed by atoms with Gasteiger partial charge in [0.15, 0.2) is 0 Å². The predicted octanol–water partition coefficient (Wildman–Crippen LogP) is 5.72. The number of nitrogens with zero attached hydrogens (tertiary/aromatic N) is 10. The lowest BCUT2D eigenvalue weighted by atomic mass is 9.91. The highest BCUT2D eigenvalue weighted by Crippen LogP contribution is 2.36. The zero-order valence-corrected chi connectivity index (χ0v) is 24.1. The van der Waals surface area contributed by atoms with Crippen molar-refractivity contribution in [3.63, 3.8) is 0 Å². The van der Waals surface area contributed by atoms with Crippen molar-refractivity contribution in [3.05, 3.63) is 74.4 Å². The van der Waals surface area contributed by atoms with Crippen molar-refractivity contribution in [3.8, 4) is 0 Å². The van der Waals surface area contributed by atoms with Gasteiger partial charge in [0.05, 0.1) is 18.8 Å². The highest BCUT2D eigenvalue weighted by Gasteiger charge is 2.40. The van der Waals surface area contributed by atoms with Crippen LogP contribution < -0.4 is 0 Å². The third kappa shape index (κ3) is 5.90. The standard InChI is InChI=1S/C29H34N10O4/c1-29(17-32-35-30,18-33-36-31)43-28(41)38-16-19-15-22(7-8-25(19)34-38)39(21-5-6-21)27(40)24-3-2-4-26-23(24)9-12-37(26)20-10-13-42-14-11-20/h2-4,9,12,16,20-22H,5-8,10-11,13-15,17-18H2,1H3. The lowest BCUT2D eigenvalue weighted by molar-refractivity contribution is 0.0369. The van der Waals surface area contributed by atoms with Gasteiger partial charge in [0.2, 0.25) is 0 Å². The zero-order chi connectivity index (χ0) is 30.0. The quantitative estimate of drug-likeness (QED) is 0.177. The fourth-order valence-corrected chi connectivity index (χ4v) is 6.33. The van der Waals surface area contributed by atoms with Crippen LogP contribution in [-0.2, 0) is 22.3 Å². The molecule has 2 aliphatic carbocycles. The van der Waals surface area contributed by atoms with Gasteiger partial charge in [0, 0.05) is 70.0 Å². The highest BCUT2D eigenvalue weighted by molar-refractivity contribution is 6.07. The second-order valence-electron chi connectivity index (χ2n) is 11.8. The van der Waals surface area contributed by atoms with Gasteiger partial charge in [0.25, 0.3) is 5.91 Å². The van der Waals surface area contributed by atoms with Crippen LogP contribution in [0.25, 0.3) is 31.8 Å². The lowest BCUT2D eigenvalue weighted by Gasteiger charge is -2.34. The molecule has 0 radical (unpaired) electrons. The summed E-state index contributed by atoms with van der Waals surface area (Å²) in [7, 11) is 0. The van der Waals surface area contributed by atoms with Gasteiger partial charge in [-0.25, -0.2) is 4.79 Å². The average Bonchev–Trinajstić information content (AvgIpc) is 3.60. The number of ether oxygens (including phenoxy) is 2. The Labute approximate surface area is 247 Å². The molecule has 1 aromatic carbocycles. The number of benzene rings is 1. The number of amides is 1. The van der Waals surface area contributed by atoms with Gasteiger partial charge in [-0.05, 0) is 86.7 Å². The van der Waals surface area contributed by atoms with Gasteiger partial charge < -0.3 is 18.9 Å². The van der Waals surface area contributed by atoms with E-state index in [4.69, 9.17) is 20.5 Å². The molecule has 2 fully saturated rings. The summed E-state index contributed by atoms with van der Waals surface area (Å²) in [5.41, 5.74) is 19.6. The number of aromatic nitrogens is 3. The summed E-state index contributed by atoms with van der Waals surface area (Å²) < 4.78 is 14.6. The summed E-state index contributed by atoms with van der Waals surface area (Å²) in [5.74, 6) is 0.0462. The van der Waals surface area contributed by atoms with Crippen LogP contribution in [0.2, 0.25) is 0 Å². The van der Waals surface area contributed by atoms with E-state index in [1.165, 1.54) is 6.92 Å². The monoisotopic (exact) mass is 586 g/mol. The van der Waals surface area contributed by atoms with Crippen LogP contribution in [0.1, 0.15) is 66.7 Å². The molecule has 1 saturated heterocycles. The molecule has 3 heterocycles. The first kappa shape index (κ1) is 28.6. The Morgan fingerprint density at radius 2 is 1.84 bits per heavy atom. The molecule has 0 N–H and O–H groups in total. The Morgan fingerprint density at radius 3 is 2.53 bits per heavy atom. The van der Waals surface area contributed by atoms with Crippen LogP contribution in [-0.4, -0.2) is 75.2 Å². The number of carbonyl (C=O) groups is 2. The third-order valence-electron chi connectivity index (χ3n) is 8.65. The summed E-state index contributed by atoms with van der Waals surface area (Å²) in [4.78, 5) is 34.7. The summed E-state index contributed by atoms with van der Waals surface area (Å²) >= 11 is 0. The molecule has 14 nitrogen and oxygen atoms in total. The van der Waals surface area contributed by atoms with Crippen molar-refractivity contribution in [2.24, 2.45) is 10.2 Å². The number of rotatable bonds is 9. The number of azide groups is 2. The molecule has 3 aliphatic rings. The van der Waals surface area contributed by atoms with Crippen molar-refractivity contribution < 1.29 is 19.1 Å². The van der Waals surface area contributed by atoms with Gasteiger partial charge in [-0.3, -0.25) is 4.79 Å². The van der Waals surface area contributed by atoms with Crippen molar-refractivity contribution in [1.82, 2.24) is 19.2 Å².